The number of rotatable bonds is 44. The van der Waals surface area contributed by atoms with Crippen molar-refractivity contribution in [2.24, 2.45) is 0 Å². The smallest absolute Gasteiger partial charge is 0.0654 e. The van der Waals surface area contributed by atoms with Crippen molar-refractivity contribution in [2.45, 2.75) is 348 Å². The van der Waals surface area contributed by atoms with Crippen molar-refractivity contribution in [1.29, 1.82) is 0 Å². The molecule has 0 aliphatic heterocycles. The zero-order valence-corrected chi connectivity index (χ0v) is 86.0. The average molecular weight is 1790 g/mol. The van der Waals surface area contributed by atoms with Crippen molar-refractivity contribution in [3.05, 3.63) is 436 Å². The largest absolute Gasteiger partial charge is 0.0717 e. The van der Waals surface area contributed by atoms with E-state index in [0.29, 0.717) is 11.8 Å². The summed E-state index contributed by atoms with van der Waals surface area (Å²) < 4.78 is 0. The highest BCUT2D eigenvalue weighted by molar-refractivity contribution is 6.20. The molecule has 0 fully saturated rings. The van der Waals surface area contributed by atoms with E-state index >= 15 is 0 Å². The van der Waals surface area contributed by atoms with Crippen LogP contribution < -0.4 is 0 Å². The highest BCUT2D eigenvalue weighted by Crippen LogP contribution is 2.75. The van der Waals surface area contributed by atoms with Crippen molar-refractivity contribution < 1.29 is 0 Å². The number of unbranched alkanes of at least 4 members (excludes halogenated alkanes) is 20. The quantitative estimate of drug-likeness (QED) is 0.0334. The standard InChI is InChI=1S/C136H158/c1-17-21-25-29-33-41-53-99-65-75-111(76-66-99)135(112-77-67-100(68-78-112)54-42-34-30-26-22-18-2)123-89-103(127-117(95(9)10)85-105(93(5)6)86-118(127)96(11)12)73-83-115(123)129-131(135)121-91-126-122(92-125(121)133(129,107-57-45-37-46-58-107)108-59-47-38-48-60-108)132-130(134(126,109-61-49-39-50-62-109)110-63-51-40-52-64-110)116-84-74-104(128-119(97(13)14)87-106(94(7)8)88-120(128)98(15)16)90-124(116)136(132,113-79-69-101(70-80-113)55-43-35-31-27-23-19-3)114-81-71-102(72-82-114)56-44-36-32-28-24-20-4/h37-40,45-52,57-98H,17-36,41-44,53-56H2,1-16H3. The molecule has 0 saturated heterocycles. The van der Waals surface area contributed by atoms with Gasteiger partial charge < -0.3 is 0 Å². The molecule has 13 aromatic carbocycles. The topological polar surface area (TPSA) is 0 Å². The Labute approximate surface area is 822 Å². The van der Waals surface area contributed by atoms with Crippen LogP contribution >= 0.6 is 0 Å². The highest BCUT2D eigenvalue weighted by Gasteiger charge is 2.64. The summed E-state index contributed by atoms with van der Waals surface area (Å²) in [6.45, 7) is 38.4. The second-order valence-corrected chi connectivity index (χ2v) is 43.4. The van der Waals surface area contributed by atoms with Crippen LogP contribution in [0.15, 0.2) is 291 Å². The van der Waals surface area contributed by atoms with Gasteiger partial charge in [0.1, 0.15) is 0 Å². The second kappa shape index (κ2) is 43.2. The Balaban J connectivity index is 1.04. The Morgan fingerprint density at radius 3 is 0.610 bits per heavy atom. The lowest BCUT2D eigenvalue weighted by atomic mass is 9.60. The lowest BCUT2D eigenvalue weighted by Crippen LogP contribution is -2.33. The van der Waals surface area contributed by atoms with Gasteiger partial charge in [0.2, 0.25) is 0 Å². The van der Waals surface area contributed by atoms with E-state index in [2.05, 4.69) is 402 Å². The third-order valence-corrected chi connectivity index (χ3v) is 32.4. The molecule has 13 aromatic rings. The Hall–Kier alpha value is -10.7. The number of benzene rings is 13. The maximum atomic E-state index is 2.90. The Morgan fingerprint density at radius 2 is 0.390 bits per heavy atom. The summed E-state index contributed by atoms with van der Waals surface area (Å²) >= 11 is 0. The van der Waals surface area contributed by atoms with Crippen molar-refractivity contribution in [2.75, 3.05) is 0 Å². The molecule has 17 rings (SSSR count). The van der Waals surface area contributed by atoms with Gasteiger partial charge >= 0.3 is 0 Å². The summed E-state index contributed by atoms with van der Waals surface area (Å²) in [6.07, 6.45) is 34.7. The van der Waals surface area contributed by atoms with Crippen LogP contribution in [0.5, 0.6) is 0 Å². The molecule has 0 spiro atoms. The number of hydrogen-bond donors (Lipinski definition) is 0. The molecule has 0 amide bonds. The minimum Gasteiger partial charge on any atom is -0.0654 e. The molecule has 0 N–H and O–H groups in total. The van der Waals surface area contributed by atoms with E-state index in [9.17, 15) is 0 Å². The summed E-state index contributed by atoms with van der Waals surface area (Å²) in [4.78, 5) is 0. The number of aryl methyl sites for hydroxylation is 4. The van der Waals surface area contributed by atoms with E-state index in [1.54, 1.807) is 0 Å². The zero-order chi connectivity index (χ0) is 94.8. The molecule has 0 heterocycles. The molecular formula is C136H158. The van der Waals surface area contributed by atoms with E-state index in [1.165, 1.54) is 343 Å². The molecule has 0 atom stereocenters. The summed E-state index contributed by atoms with van der Waals surface area (Å²) in [7, 11) is 0. The van der Waals surface area contributed by atoms with Crippen LogP contribution in [0, 0.1) is 0 Å². The lowest BCUT2D eigenvalue weighted by Gasteiger charge is -2.41. The summed E-state index contributed by atoms with van der Waals surface area (Å²) in [5, 5.41) is 0. The third kappa shape index (κ3) is 18.1. The monoisotopic (exact) mass is 1790 g/mol. The van der Waals surface area contributed by atoms with Gasteiger partial charge in [-0.05, 0) is 300 Å². The fourth-order valence-electron chi connectivity index (χ4n) is 25.2. The van der Waals surface area contributed by atoms with Crippen molar-refractivity contribution >= 4 is 22.3 Å². The number of hydrogen-bond acceptors (Lipinski definition) is 0. The first-order chi connectivity index (χ1) is 66.3. The Bertz CT molecular complexity index is 5630. The van der Waals surface area contributed by atoms with Gasteiger partial charge in [-0.3, -0.25) is 0 Å². The first kappa shape index (κ1) is 97.0. The van der Waals surface area contributed by atoms with Gasteiger partial charge in [0.25, 0.3) is 0 Å². The first-order valence-electron chi connectivity index (χ1n) is 54.3. The maximum absolute atomic E-state index is 2.90. The van der Waals surface area contributed by atoms with Crippen LogP contribution in [0.1, 0.15) is 445 Å². The van der Waals surface area contributed by atoms with Crippen LogP contribution in [-0.4, -0.2) is 0 Å². The normalized spacial score (nSPS) is 14.7. The summed E-state index contributed by atoms with van der Waals surface area (Å²) in [6, 6.07) is 122. The third-order valence-electron chi connectivity index (χ3n) is 32.4. The van der Waals surface area contributed by atoms with Crippen molar-refractivity contribution in [1.82, 2.24) is 0 Å². The van der Waals surface area contributed by atoms with Crippen LogP contribution in [0.2, 0.25) is 0 Å². The summed E-state index contributed by atoms with van der Waals surface area (Å²) in [5.74, 6) is 1.88. The molecule has 0 bridgehead atoms. The van der Waals surface area contributed by atoms with E-state index in [-0.39, 0.29) is 23.7 Å². The van der Waals surface area contributed by atoms with Gasteiger partial charge in [-0.1, -0.05) is 506 Å². The van der Waals surface area contributed by atoms with Gasteiger partial charge in [0.15, 0.2) is 0 Å². The predicted octanol–water partition coefficient (Wildman–Crippen LogP) is 38.6. The minimum atomic E-state index is -0.896. The fraction of sp³-hybridized carbons (Fsp3) is 0.397. The Kier molecular flexibility index (Phi) is 30.8. The van der Waals surface area contributed by atoms with E-state index in [1.807, 2.05) is 0 Å². The van der Waals surface area contributed by atoms with Crippen LogP contribution in [-0.2, 0) is 47.3 Å². The van der Waals surface area contributed by atoms with E-state index < -0.39 is 21.7 Å². The highest BCUT2D eigenvalue weighted by atomic mass is 14.7. The Morgan fingerprint density at radius 1 is 0.184 bits per heavy atom. The molecule has 0 nitrogen and oxygen atoms in total. The van der Waals surface area contributed by atoms with Crippen molar-refractivity contribution in [3.63, 3.8) is 0 Å². The number of fused-ring (bicyclic) bond motifs is 8. The maximum Gasteiger partial charge on any atom is 0.0717 e. The summed E-state index contributed by atoms with van der Waals surface area (Å²) in [5.41, 5.74) is 42.7. The molecule has 0 heteroatoms. The fourth-order valence-corrected chi connectivity index (χ4v) is 25.2. The molecule has 4 aliphatic carbocycles. The molecule has 0 saturated carbocycles. The average Bonchev–Trinajstić information content (AvgIpc) is 1.46. The molecule has 4 aliphatic rings. The molecule has 136 heavy (non-hydrogen) atoms. The molecule has 0 unspecified atom stereocenters. The van der Waals surface area contributed by atoms with Gasteiger partial charge in [0, 0.05) is 0 Å². The van der Waals surface area contributed by atoms with Crippen LogP contribution in [0.25, 0.3) is 44.5 Å². The van der Waals surface area contributed by atoms with Gasteiger partial charge in [0.05, 0.1) is 21.7 Å². The van der Waals surface area contributed by atoms with Gasteiger partial charge in [-0.25, -0.2) is 0 Å². The van der Waals surface area contributed by atoms with Gasteiger partial charge in [-0.15, -0.1) is 0 Å². The SMILES string of the molecule is CCCCCCCCc1ccc(C2(c3ccc(CCCCCCCC)cc3)C3=C(c4ccc(-c5c(C(C)C)cc(C(C)C)cc5C(C)C)cc42)C(c2ccccc2)(c2ccccc2)c2cc4c(cc23)C(c2ccccc2)(c2ccccc2)C2=C4C(c3ccc(CCCCCCCC)cc3)(c3ccc(CCCCCCCC)cc3)c3cc(-c4c(C(C)C)cc(C(C)C)cc4C(C)C)ccc32)cc1. The van der Waals surface area contributed by atoms with Crippen LogP contribution in [0.4, 0.5) is 0 Å². The lowest BCUT2D eigenvalue weighted by molar-refractivity contribution is 0.607. The molecule has 702 valence electrons. The molecule has 0 aromatic heterocycles. The second-order valence-electron chi connectivity index (χ2n) is 43.4. The minimum absolute atomic E-state index is 0.280. The number of allylic oxidation sites excluding steroid dienone is 4. The van der Waals surface area contributed by atoms with Crippen molar-refractivity contribution in [3.8, 4) is 22.3 Å². The van der Waals surface area contributed by atoms with E-state index in [0.717, 1.165) is 25.7 Å². The van der Waals surface area contributed by atoms with Crippen LogP contribution in [0.3, 0.4) is 0 Å². The predicted molar refractivity (Wildman–Crippen MR) is 588 cm³/mol. The van der Waals surface area contributed by atoms with E-state index in [4.69, 9.17) is 0 Å². The molecule has 0 radical (unpaired) electrons. The zero-order valence-electron chi connectivity index (χ0n) is 86.0. The first-order valence-corrected chi connectivity index (χ1v) is 54.3. The van der Waals surface area contributed by atoms with Gasteiger partial charge in [-0.2, -0.15) is 0 Å². The molecular weight excluding hydrogens is 1630 g/mol.